The number of nitrogens with one attached hydrogen (secondary N) is 1. The minimum absolute atomic E-state index is 0.209. The first kappa shape index (κ1) is 13.6. The molecule has 0 aromatic heterocycles. The highest BCUT2D eigenvalue weighted by Gasteiger charge is 2.25. The minimum atomic E-state index is -4.17. The summed E-state index contributed by atoms with van der Waals surface area (Å²) < 4.78 is 35.9. The molecule has 0 atom stereocenters. The maximum atomic E-state index is 12.0. The van der Waals surface area contributed by atoms with Gasteiger partial charge in [0.1, 0.15) is 0 Å². The van der Waals surface area contributed by atoms with Crippen molar-refractivity contribution in [2.75, 3.05) is 6.54 Å². The van der Waals surface area contributed by atoms with Crippen molar-refractivity contribution in [1.82, 2.24) is 5.32 Å². The topological polar surface area (TPSA) is 12.0 Å². The van der Waals surface area contributed by atoms with Crippen molar-refractivity contribution in [2.45, 2.75) is 12.7 Å². The molecule has 0 saturated carbocycles. The summed E-state index contributed by atoms with van der Waals surface area (Å²) in [5.74, 6) is 0. The van der Waals surface area contributed by atoms with Crippen LogP contribution >= 0.6 is 0 Å². The van der Waals surface area contributed by atoms with Gasteiger partial charge in [0, 0.05) is 6.54 Å². The molecule has 1 radical (unpaired) electrons. The zero-order chi connectivity index (χ0) is 13.7. The fourth-order valence-electron chi connectivity index (χ4n) is 1.74. The first-order valence-electron chi connectivity index (χ1n) is 5.87. The molecule has 0 aliphatic rings. The van der Waals surface area contributed by atoms with Crippen molar-refractivity contribution in [3.63, 3.8) is 0 Å². The van der Waals surface area contributed by atoms with Crippen LogP contribution in [0.4, 0.5) is 13.2 Å². The summed E-state index contributed by atoms with van der Waals surface area (Å²) in [6.07, 6.45) is -4.17. The molecule has 0 unspecified atom stereocenters. The van der Waals surface area contributed by atoms with Crippen LogP contribution < -0.4 is 5.32 Å². The van der Waals surface area contributed by atoms with Crippen LogP contribution in [0.5, 0.6) is 0 Å². The smallest absolute Gasteiger partial charge is 0.305 e. The van der Waals surface area contributed by atoms with E-state index in [1.54, 1.807) is 0 Å². The van der Waals surface area contributed by atoms with Gasteiger partial charge in [-0.1, -0.05) is 42.5 Å². The van der Waals surface area contributed by atoms with Crippen molar-refractivity contribution in [1.29, 1.82) is 0 Å². The number of halogens is 3. The molecule has 99 valence electrons. The Hall–Kier alpha value is -1.81. The van der Waals surface area contributed by atoms with E-state index in [0.717, 1.165) is 16.7 Å². The van der Waals surface area contributed by atoms with Gasteiger partial charge in [-0.2, -0.15) is 13.2 Å². The van der Waals surface area contributed by atoms with E-state index in [0.29, 0.717) is 0 Å². The van der Waals surface area contributed by atoms with Crippen molar-refractivity contribution >= 4 is 0 Å². The van der Waals surface area contributed by atoms with Crippen LogP contribution in [0.25, 0.3) is 11.1 Å². The van der Waals surface area contributed by atoms with Gasteiger partial charge in [-0.25, -0.2) is 0 Å². The summed E-state index contributed by atoms with van der Waals surface area (Å²) in [5.41, 5.74) is 2.89. The van der Waals surface area contributed by atoms with E-state index >= 15 is 0 Å². The second-order valence-corrected chi connectivity index (χ2v) is 4.21. The predicted molar refractivity (Wildman–Crippen MR) is 68.5 cm³/mol. The van der Waals surface area contributed by atoms with Crippen molar-refractivity contribution in [3.05, 3.63) is 60.2 Å². The fourth-order valence-corrected chi connectivity index (χ4v) is 1.74. The maximum Gasteiger partial charge on any atom is 0.401 e. The highest BCUT2D eigenvalue weighted by Crippen LogP contribution is 2.19. The zero-order valence-electron chi connectivity index (χ0n) is 10.2. The van der Waals surface area contributed by atoms with Crippen LogP contribution in [-0.4, -0.2) is 12.7 Å². The summed E-state index contributed by atoms with van der Waals surface area (Å²) >= 11 is 0. The van der Waals surface area contributed by atoms with E-state index in [-0.39, 0.29) is 6.54 Å². The standard InChI is InChI=1S/C15H13F3N/c16-15(17,18)11-19-10-12-6-8-14(9-7-12)13-4-2-1-3-5-13/h1-2,4-9,19H,10-11H2. The lowest BCUT2D eigenvalue weighted by Gasteiger charge is -2.08. The van der Waals surface area contributed by atoms with Crippen molar-refractivity contribution < 1.29 is 13.2 Å². The number of alkyl halides is 3. The van der Waals surface area contributed by atoms with E-state index in [9.17, 15) is 13.2 Å². The van der Waals surface area contributed by atoms with Crippen LogP contribution in [0.15, 0.2) is 48.5 Å². The third-order valence-electron chi connectivity index (χ3n) is 2.65. The Morgan fingerprint density at radius 3 is 2.32 bits per heavy atom. The molecule has 1 nitrogen and oxygen atoms in total. The Morgan fingerprint density at radius 1 is 1.00 bits per heavy atom. The van der Waals surface area contributed by atoms with Gasteiger partial charge in [0.2, 0.25) is 0 Å². The lowest BCUT2D eigenvalue weighted by molar-refractivity contribution is -0.125. The van der Waals surface area contributed by atoms with Crippen LogP contribution in [-0.2, 0) is 6.54 Å². The molecule has 0 amide bonds. The largest absolute Gasteiger partial charge is 0.401 e. The van der Waals surface area contributed by atoms with E-state index < -0.39 is 12.7 Å². The Morgan fingerprint density at radius 2 is 1.74 bits per heavy atom. The van der Waals surface area contributed by atoms with Gasteiger partial charge >= 0.3 is 6.18 Å². The Kier molecular flexibility index (Phi) is 4.22. The lowest BCUT2D eigenvalue weighted by Crippen LogP contribution is -2.28. The second kappa shape index (κ2) is 5.89. The average Bonchev–Trinajstić information content (AvgIpc) is 2.39. The van der Waals surface area contributed by atoms with Gasteiger partial charge < -0.3 is 5.32 Å². The summed E-state index contributed by atoms with van der Waals surface area (Å²) in [6.45, 7) is -0.761. The molecule has 0 saturated heterocycles. The maximum absolute atomic E-state index is 12.0. The number of hydrogen-bond acceptors (Lipinski definition) is 1. The van der Waals surface area contributed by atoms with Crippen LogP contribution in [0.1, 0.15) is 5.56 Å². The Bertz CT molecular complexity index is 503. The molecule has 2 rings (SSSR count). The number of benzene rings is 2. The second-order valence-electron chi connectivity index (χ2n) is 4.21. The minimum Gasteiger partial charge on any atom is -0.305 e. The molecule has 0 fully saturated rings. The molecule has 19 heavy (non-hydrogen) atoms. The monoisotopic (exact) mass is 264 g/mol. The molecule has 0 spiro atoms. The highest BCUT2D eigenvalue weighted by atomic mass is 19.4. The molecule has 4 heteroatoms. The van der Waals surface area contributed by atoms with E-state index in [1.165, 1.54) is 0 Å². The molecular formula is C15H13F3N. The van der Waals surface area contributed by atoms with E-state index in [2.05, 4.69) is 11.4 Å². The van der Waals surface area contributed by atoms with Gasteiger partial charge in [0.15, 0.2) is 0 Å². The first-order valence-corrected chi connectivity index (χ1v) is 5.87. The number of hydrogen-bond donors (Lipinski definition) is 1. The van der Waals surface area contributed by atoms with Gasteiger partial charge in [0.05, 0.1) is 6.54 Å². The highest BCUT2D eigenvalue weighted by molar-refractivity contribution is 5.63. The molecule has 0 aliphatic carbocycles. The molecular weight excluding hydrogens is 251 g/mol. The summed E-state index contributed by atoms with van der Waals surface area (Å²) in [6, 6.07) is 18.0. The molecule has 1 N–H and O–H groups in total. The zero-order valence-corrected chi connectivity index (χ0v) is 10.2. The predicted octanol–water partition coefficient (Wildman–Crippen LogP) is 3.81. The van der Waals surface area contributed by atoms with Gasteiger partial charge in [0.25, 0.3) is 0 Å². The van der Waals surface area contributed by atoms with Gasteiger partial charge in [-0.05, 0) is 28.8 Å². The fraction of sp³-hybridized carbons (Fsp3) is 0.200. The quantitative estimate of drug-likeness (QED) is 0.885. The summed E-state index contributed by atoms with van der Waals surface area (Å²) in [7, 11) is 0. The summed E-state index contributed by atoms with van der Waals surface area (Å²) in [5, 5.41) is 2.37. The van der Waals surface area contributed by atoms with E-state index in [1.807, 2.05) is 48.5 Å². The van der Waals surface area contributed by atoms with Gasteiger partial charge in [-0.3, -0.25) is 0 Å². The van der Waals surface area contributed by atoms with Crippen LogP contribution in [0.2, 0.25) is 0 Å². The van der Waals surface area contributed by atoms with Crippen LogP contribution in [0.3, 0.4) is 0 Å². The van der Waals surface area contributed by atoms with E-state index in [4.69, 9.17) is 0 Å². The average molecular weight is 264 g/mol. The first-order chi connectivity index (χ1) is 9.04. The SMILES string of the molecule is FC(F)(F)CNCc1ccc(-c2c[c]ccc2)cc1. The molecule has 2 aromatic rings. The third-order valence-corrected chi connectivity index (χ3v) is 2.65. The van der Waals surface area contributed by atoms with Crippen molar-refractivity contribution in [3.8, 4) is 11.1 Å². The van der Waals surface area contributed by atoms with Gasteiger partial charge in [-0.15, -0.1) is 0 Å². The summed E-state index contributed by atoms with van der Waals surface area (Å²) in [4.78, 5) is 0. The molecule has 0 heterocycles. The number of rotatable bonds is 4. The Balaban J connectivity index is 1.96. The van der Waals surface area contributed by atoms with Crippen LogP contribution in [0, 0.1) is 6.07 Å². The Labute approximate surface area is 110 Å². The third kappa shape index (κ3) is 4.41. The lowest BCUT2D eigenvalue weighted by atomic mass is 10.0. The normalized spacial score (nSPS) is 11.5. The van der Waals surface area contributed by atoms with Crippen molar-refractivity contribution in [2.24, 2.45) is 0 Å². The molecule has 0 bridgehead atoms. The molecule has 0 aliphatic heterocycles. The molecule has 2 aromatic carbocycles.